The fourth-order valence-electron chi connectivity index (χ4n) is 3.49. The number of halogens is 1. The van der Waals surface area contributed by atoms with Gasteiger partial charge in [-0.15, -0.1) is 12.4 Å². The molecule has 160 valence electrons. The number of hydrogen-bond donors (Lipinski definition) is 2. The Morgan fingerprint density at radius 1 is 1.10 bits per heavy atom. The molecule has 1 heterocycles. The summed E-state index contributed by atoms with van der Waals surface area (Å²) in [6.45, 7) is 2.78. The van der Waals surface area contributed by atoms with Crippen LogP contribution in [0.3, 0.4) is 0 Å². The van der Waals surface area contributed by atoms with Crippen LogP contribution in [0.4, 0.5) is 0 Å². The molecule has 0 radical (unpaired) electrons. The van der Waals surface area contributed by atoms with Gasteiger partial charge in [-0.1, -0.05) is 55.8 Å². The first kappa shape index (κ1) is 23.6. The van der Waals surface area contributed by atoms with E-state index in [1.807, 2.05) is 30.3 Å². The van der Waals surface area contributed by atoms with Gasteiger partial charge >= 0.3 is 5.97 Å². The molecule has 0 aliphatic carbocycles. The van der Waals surface area contributed by atoms with E-state index in [2.05, 4.69) is 24.0 Å². The summed E-state index contributed by atoms with van der Waals surface area (Å²) in [6, 6.07) is 15.8. The monoisotopic (exact) mass is 427 g/mol. The number of imidazole rings is 1. The second kappa shape index (κ2) is 11.5. The Hall–Kier alpha value is -2.63. The molecular weight excluding hydrogens is 398 g/mol. The van der Waals surface area contributed by atoms with E-state index >= 15 is 0 Å². The lowest BCUT2D eigenvalue weighted by molar-refractivity contribution is 0.0601. The molecule has 2 aromatic carbocycles. The normalized spacial score (nSPS) is 10.5. The smallest absolute Gasteiger partial charge is 0.338 e. The van der Waals surface area contributed by atoms with Gasteiger partial charge in [0.25, 0.3) is 0 Å². The van der Waals surface area contributed by atoms with Crippen molar-refractivity contribution in [2.75, 3.05) is 13.7 Å². The molecule has 30 heavy (non-hydrogen) atoms. The molecule has 0 fully saturated rings. The maximum Gasteiger partial charge on any atom is 0.338 e. The van der Waals surface area contributed by atoms with E-state index in [0.717, 1.165) is 60.4 Å². The Bertz CT molecular complexity index is 951. The highest BCUT2D eigenvalue weighted by atomic mass is 35.5. The standard InChI is InChI=1S/C24H29N3O2.ClH/c1-3-4-9-23-26-21(14-15-25)22(27-23)16-17-10-12-18(13-11-17)19-7-5-6-8-20(19)24(28)29-2;/h5-8,10-13H,3-4,9,14-16,25H2,1-2H3,(H,26,27);1H. The van der Waals surface area contributed by atoms with Crippen LogP contribution in [0.1, 0.15) is 52.9 Å². The third-order valence-electron chi connectivity index (χ3n) is 5.04. The van der Waals surface area contributed by atoms with Crippen molar-refractivity contribution in [2.45, 2.75) is 39.0 Å². The molecule has 0 amide bonds. The maximum absolute atomic E-state index is 12.0. The first-order valence-electron chi connectivity index (χ1n) is 10.2. The number of H-pyrrole nitrogens is 1. The second-order valence-electron chi connectivity index (χ2n) is 7.16. The van der Waals surface area contributed by atoms with Crippen molar-refractivity contribution >= 4 is 18.4 Å². The summed E-state index contributed by atoms with van der Waals surface area (Å²) in [7, 11) is 1.40. The Balaban J connectivity index is 0.00000320. The minimum Gasteiger partial charge on any atom is -0.465 e. The zero-order valence-corrected chi connectivity index (χ0v) is 18.4. The van der Waals surface area contributed by atoms with Crippen LogP contribution in [0.5, 0.6) is 0 Å². The molecule has 3 rings (SSSR count). The van der Waals surface area contributed by atoms with Crippen LogP contribution in [0.25, 0.3) is 11.1 Å². The number of aromatic nitrogens is 2. The van der Waals surface area contributed by atoms with Crippen LogP contribution in [-0.2, 0) is 24.0 Å². The SMILES string of the molecule is CCCCc1nc(CCN)c(Cc2ccc(-c3ccccc3C(=O)OC)cc2)[nH]1.Cl. The van der Waals surface area contributed by atoms with Gasteiger partial charge in [-0.25, -0.2) is 9.78 Å². The highest BCUT2D eigenvalue weighted by molar-refractivity contribution is 5.97. The molecule has 0 bridgehead atoms. The number of benzene rings is 2. The topological polar surface area (TPSA) is 81.0 Å². The number of rotatable bonds is 9. The van der Waals surface area contributed by atoms with Crippen molar-refractivity contribution in [2.24, 2.45) is 5.73 Å². The zero-order chi connectivity index (χ0) is 20.6. The average Bonchev–Trinajstić information content (AvgIpc) is 3.13. The fraction of sp³-hybridized carbons (Fsp3) is 0.333. The van der Waals surface area contributed by atoms with Gasteiger partial charge in [0.2, 0.25) is 0 Å². The summed E-state index contributed by atoms with van der Waals surface area (Å²) < 4.78 is 4.91. The lowest BCUT2D eigenvalue weighted by Gasteiger charge is -2.09. The van der Waals surface area contributed by atoms with Gasteiger partial charge in [0.1, 0.15) is 5.82 Å². The first-order valence-corrected chi connectivity index (χ1v) is 10.2. The van der Waals surface area contributed by atoms with Crippen LogP contribution in [-0.4, -0.2) is 29.6 Å². The molecule has 0 aliphatic heterocycles. The van der Waals surface area contributed by atoms with E-state index in [4.69, 9.17) is 15.5 Å². The van der Waals surface area contributed by atoms with E-state index in [1.165, 1.54) is 12.7 Å². The van der Waals surface area contributed by atoms with Crippen molar-refractivity contribution in [3.63, 3.8) is 0 Å². The van der Waals surface area contributed by atoms with Gasteiger partial charge in [-0.05, 0) is 35.7 Å². The molecule has 0 saturated heterocycles. The minimum absolute atomic E-state index is 0. The van der Waals surface area contributed by atoms with E-state index in [1.54, 1.807) is 6.07 Å². The number of hydrogen-bond acceptors (Lipinski definition) is 4. The van der Waals surface area contributed by atoms with E-state index in [9.17, 15) is 4.79 Å². The fourth-order valence-corrected chi connectivity index (χ4v) is 3.49. The van der Waals surface area contributed by atoms with Crippen LogP contribution < -0.4 is 5.73 Å². The number of esters is 1. The Morgan fingerprint density at radius 2 is 1.83 bits per heavy atom. The molecule has 0 atom stereocenters. The third-order valence-corrected chi connectivity index (χ3v) is 5.04. The summed E-state index contributed by atoms with van der Waals surface area (Å²) in [4.78, 5) is 20.3. The summed E-state index contributed by atoms with van der Waals surface area (Å²) in [5, 5.41) is 0. The van der Waals surface area contributed by atoms with Crippen LogP contribution >= 0.6 is 12.4 Å². The number of carbonyl (C=O) groups is 1. The predicted octanol–water partition coefficient (Wildman–Crippen LogP) is 4.72. The number of carbonyl (C=O) groups excluding carboxylic acids is 1. The predicted molar refractivity (Wildman–Crippen MR) is 123 cm³/mol. The van der Waals surface area contributed by atoms with Gasteiger partial charge in [0, 0.05) is 25.0 Å². The lowest BCUT2D eigenvalue weighted by Crippen LogP contribution is -2.05. The van der Waals surface area contributed by atoms with Crippen molar-refractivity contribution in [3.8, 4) is 11.1 Å². The van der Waals surface area contributed by atoms with Crippen molar-refractivity contribution in [1.82, 2.24) is 9.97 Å². The number of unbranched alkanes of at least 4 members (excludes halogenated alkanes) is 1. The van der Waals surface area contributed by atoms with Crippen LogP contribution in [0.2, 0.25) is 0 Å². The molecule has 0 unspecified atom stereocenters. The maximum atomic E-state index is 12.0. The molecule has 3 aromatic rings. The average molecular weight is 428 g/mol. The van der Waals surface area contributed by atoms with Gasteiger partial charge in [-0.2, -0.15) is 0 Å². The number of nitrogens with one attached hydrogen (secondary N) is 1. The number of aromatic amines is 1. The minimum atomic E-state index is -0.326. The molecule has 1 aromatic heterocycles. The molecule has 5 nitrogen and oxygen atoms in total. The Kier molecular flexibility index (Phi) is 9.09. The Labute approximate surface area is 184 Å². The van der Waals surface area contributed by atoms with Crippen LogP contribution in [0, 0.1) is 0 Å². The molecule has 0 spiro atoms. The molecule has 3 N–H and O–H groups in total. The van der Waals surface area contributed by atoms with E-state index < -0.39 is 0 Å². The van der Waals surface area contributed by atoms with E-state index in [0.29, 0.717) is 12.1 Å². The number of methoxy groups -OCH3 is 1. The largest absolute Gasteiger partial charge is 0.465 e. The lowest BCUT2D eigenvalue weighted by atomic mass is 9.97. The van der Waals surface area contributed by atoms with Crippen molar-refractivity contribution in [1.29, 1.82) is 0 Å². The number of ether oxygens (including phenoxy) is 1. The number of aryl methyl sites for hydroxylation is 1. The van der Waals surface area contributed by atoms with Gasteiger partial charge in [-0.3, -0.25) is 0 Å². The quantitative estimate of drug-likeness (QED) is 0.484. The van der Waals surface area contributed by atoms with E-state index in [-0.39, 0.29) is 18.4 Å². The number of nitrogens with zero attached hydrogens (tertiary/aromatic N) is 1. The first-order chi connectivity index (χ1) is 14.2. The number of nitrogens with two attached hydrogens (primary N) is 1. The highest BCUT2D eigenvalue weighted by Crippen LogP contribution is 2.25. The van der Waals surface area contributed by atoms with Gasteiger partial charge < -0.3 is 15.5 Å². The summed E-state index contributed by atoms with van der Waals surface area (Å²) >= 11 is 0. The summed E-state index contributed by atoms with van der Waals surface area (Å²) in [5.41, 5.74) is 11.6. The van der Waals surface area contributed by atoms with Crippen molar-refractivity contribution < 1.29 is 9.53 Å². The van der Waals surface area contributed by atoms with Crippen molar-refractivity contribution in [3.05, 3.63) is 76.9 Å². The summed E-state index contributed by atoms with van der Waals surface area (Å²) in [6.07, 6.45) is 4.81. The third kappa shape index (κ3) is 5.71. The Morgan fingerprint density at radius 3 is 2.50 bits per heavy atom. The van der Waals surface area contributed by atoms with Crippen LogP contribution in [0.15, 0.2) is 48.5 Å². The zero-order valence-electron chi connectivity index (χ0n) is 17.6. The molecular formula is C24H30ClN3O2. The van der Waals surface area contributed by atoms with Gasteiger partial charge in [0.05, 0.1) is 18.4 Å². The molecule has 6 heteroatoms. The molecule has 0 aliphatic rings. The van der Waals surface area contributed by atoms with Gasteiger partial charge in [0.15, 0.2) is 0 Å². The highest BCUT2D eigenvalue weighted by Gasteiger charge is 2.13. The molecule has 0 saturated carbocycles. The second-order valence-corrected chi connectivity index (χ2v) is 7.16. The summed E-state index contributed by atoms with van der Waals surface area (Å²) in [5.74, 6) is 0.724.